The SMILES string of the molecule is CC[C@@H]1OC(=O)[C@H](C)[C@H](O[C@H]2C[C@@](C)(OC)[C@@H](O)[C@H](C)O2)[C@H](C)[C@@H](O[C@@H]2O[C@H](C)C[C@@H](NC)[C@H]2O)[C@@](C)(O)C[C@@H](C)C(=O)[C@H](C)[C@@H](O)[C@]1(C)O. The summed E-state index contributed by atoms with van der Waals surface area (Å²) < 4.78 is 36.9. The molecular formula is C36H65NO13. The molecule has 14 heteroatoms. The fourth-order valence-corrected chi connectivity index (χ4v) is 8.21. The molecule has 0 aromatic carbocycles. The average Bonchev–Trinajstić information content (AvgIpc) is 3.05. The molecule has 0 unspecified atom stereocenters. The van der Waals surface area contributed by atoms with Gasteiger partial charge >= 0.3 is 5.97 Å². The Balaban J connectivity index is 2.17. The van der Waals surface area contributed by atoms with Crippen molar-refractivity contribution < 1.29 is 63.5 Å². The zero-order valence-electron chi connectivity index (χ0n) is 32.0. The molecule has 0 amide bonds. The average molecular weight is 720 g/mol. The van der Waals surface area contributed by atoms with Crippen LogP contribution in [0.5, 0.6) is 0 Å². The van der Waals surface area contributed by atoms with Crippen LogP contribution in [0.25, 0.3) is 0 Å². The number of aliphatic hydroxyl groups is 5. The van der Waals surface area contributed by atoms with Crippen LogP contribution in [0.15, 0.2) is 0 Å². The lowest BCUT2D eigenvalue weighted by Gasteiger charge is -2.48. The van der Waals surface area contributed by atoms with Crippen LogP contribution < -0.4 is 5.32 Å². The third-order valence-electron chi connectivity index (χ3n) is 11.6. The van der Waals surface area contributed by atoms with E-state index in [1.165, 1.54) is 27.9 Å². The molecule has 292 valence electrons. The summed E-state index contributed by atoms with van der Waals surface area (Å²) in [4.78, 5) is 27.8. The summed E-state index contributed by atoms with van der Waals surface area (Å²) in [6.07, 6.45) is -9.76. The molecule has 0 aliphatic carbocycles. The first-order valence-electron chi connectivity index (χ1n) is 18.1. The van der Waals surface area contributed by atoms with Crippen LogP contribution in [0.3, 0.4) is 0 Å². The second-order valence-corrected chi connectivity index (χ2v) is 15.8. The van der Waals surface area contributed by atoms with Gasteiger partial charge in [0.1, 0.15) is 29.7 Å². The van der Waals surface area contributed by atoms with Gasteiger partial charge < -0.3 is 59.3 Å². The maximum atomic E-state index is 14.0. The van der Waals surface area contributed by atoms with Crippen LogP contribution in [0.2, 0.25) is 0 Å². The number of hydrogen-bond acceptors (Lipinski definition) is 14. The first-order valence-corrected chi connectivity index (χ1v) is 18.1. The second-order valence-electron chi connectivity index (χ2n) is 15.8. The summed E-state index contributed by atoms with van der Waals surface area (Å²) in [6.45, 7) is 16.3. The quantitative estimate of drug-likeness (QED) is 0.206. The van der Waals surface area contributed by atoms with Gasteiger partial charge in [0, 0.05) is 37.3 Å². The lowest BCUT2D eigenvalue weighted by molar-refractivity contribution is -0.316. The molecule has 3 fully saturated rings. The van der Waals surface area contributed by atoms with Crippen LogP contribution in [0.1, 0.15) is 94.9 Å². The van der Waals surface area contributed by atoms with Crippen LogP contribution >= 0.6 is 0 Å². The zero-order chi connectivity index (χ0) is 38.1. The molecule has 0 bridgehead atoms. The number of ketones is 1. The van der Waals surface area contributed by atoms with Crippen molar-refractivity contribution in [3.8, 4) is 0 Å². The number of nitrogens with one attached hydrogen (secondary N) is 1. The highest BCUT2D eigenvalue weighted by Crippen LogP contribution is 2.40. The minimum Gasteiger partial charge on any atom is -0.459 e. The number of methoxy groups -OCH3 is 1. The number of cyclic esters (lactones) is 1. The Labute approximate surface area is 297 Å². The summed E-state index contributed by atoms with van der Waals surface area (Å²) in [5, 5.41) is 60.4. The predicted molar refractivity (Wildman–Crippen MR) is 182 cm³/mol. The summed E-state index contributed by atoms with van der Waals surface area (Å²) >= 11 is 0. The van der Waals surface area contributed by atoms with E-state index < -0.39 is 108 Å². The molecule has 0 aromatic rings. The van der Waals surface area contributed by atoms with Crippen molar-refractivity contribution >= 4 is 11.8 Å². The highest BCUT2D eigenvalue weighted by molar-refractivity contribution is 5.83. The molecule has 14 nitrogen and oxygen atoms in total. The van der Waals surface area contributed by atoms with E-state index in [9.17, 15) is 35.1 Å². The Hall–Kier alpha value is -1.30. The van der Waals surface area contributed by atoms with Gasteiger partial charge in [-0.1, -0.05) is 27.7 Å². The normalized spacial score (nSPS) is 50.4. The lowest BCUT2D eigenvalue weighted by atomic mass is 9.74. The van der Waals surface area contributed by atoms with Gasteiger partial charge in [0.05, 0.1) is 47.6 Å². The van der Waals surface area contributed by atoms with Crippen LogP contribution in [0, 0.1) is 23.7 Å². The number of Topliss-reactive ketones (excluding diaryl/α,β-unsaturated/α-hetero) is 1. The minimum absolute atomic E-state index is 0.0929. The fourth-order valence-electron chi connectivity index (χ4n) is 8.21. The number of carbonyl (C=O) groups excluding carboxylic acids is 2. The first-order chi connectivity index (χ1) is 23.1. The van der Waals surface area contributed by atoms with Crippen molar-refractivity contribution in [2.24, 2.45) is 23.7 Å². The zero-order valence-corrected chi connectivity index (χ0v) is 32.0. The number of rotatable bonds is 7. The smallest absolute Gasteiger partial charge is 0.311 e. The Morgan fingerprint density at radius 3 is 2.08 bits per heavy atom. The van der Waals surface area contributed by atoms with Gasteiger partial charge in [-0.15, -0.1) is 0 Å². The van der Waals surface area contributed by atoms with Gasteiger partial charge in [0.2, 0.25) is 0 Å². The predicted octanol–water partition coefficient (Wildman–Crippen LogP) is 1.44. The number of hydrogen-bond donors (Lipinski definition) is 6. The lowest BCUT2D eigenvalue weighted by Crippen LogP contribution is -2.61. The van der Waals surface area contributed by atoms with Gasteiger partial charge in [-0.2, -0.15) is 0 Å². The van der Waals surface area contributed by atoms with E-state index in [1.807, 2.05) is 6.92 Å². The third-order valence-corrected chi connectivity index (χ3v) is 11.6. The molecule has 0 aromatic heterocycles. The highest BCUT2D eigenvalue weighted by atomic mass is 16.7. The Kier molecular flexibility index (Phi) is 14.5. The van der Waals surface area contributed by atoms with Crippen LogP contribution in [-0.2, 0) is 38.0 Å². The van der Waals surface area contributed by atoms with Crippen molar-refractivity contribution in [3.63, 3.8) is 0 Å². The van der Waals surface area contributed by atoms with E-state index in [1.54, 1.807) is 48.6 Å². The van der Waals surface area contributed by atoms with E-state index in [0.717, 1.165) is 0 Å². The standard InChI is InChI=1S/C36H65NO13/c1-13-24-36(10,44)29(40)19(4)26(38)17(2)15-34(8,43)31(50-33-27(39)23(37-11)14-18(3)46-33)20(5)28(21(6)32(42)48-24)49-25-16-35(9,45-12)30(41)22(7)47-25/h17-25,27-31,33,37,39-41,43-44H,13-16H2,1-12H3/t17-,18-,19+,20+,21-,22+,23-,24+,25+,27-,28-,29-,30+,31-,33+,34+,35-,36-/m1/s1. The maximum absolute atomic E-state index is 14.0. The summed E-state index contributed by atoms with van der Waals surface area (Å²) in [7, 11) is 3.20. The van der Waals surface area contributed by atoms with Crippen LogP contribution in [-0.4, -0.2) is 136 Å². The third kappa shape index (κ3) is 9.07. The molecule has 3 heterocycles. The first kappa shape index (κ1) is 43.1. The van der Waals surface area contributed by atoms with Gasteiger partial charge in [-0.3, -0.25) is 9.59 Å². The summed E-state index contributed by atoms with van der Waals surface area (Å²) in [5.41, 5.74) is -4.84. The van der Waals surface area contributed by atoms with Gasteiger partial charge in [0.25, 0.3) is 0 Å². The molecule has 18 atom stereocenters. The number of ether oxygens (including phenoxy) is 6. The molecule has 3 rings (SSSR count). The maximum Gasteiger partial charge on any atom is 0.311 e. The monoisotopic (exact) mass is 719 g/mol. The second kappa shape index (κ2) is 16.8. The number of likely N-dealkylation sites (N-methyl/N-ethyl adjacent to an activating group) is 1. The van der Waals surface area contributed by atoms with Gasteiger partial charge in [-0.25, -0.2) is 0 Å². The van der Waals surface area contributed by atoms with Crippen molar-refractivity contribution in [2.75, 3.05) is 14.2 Å². The minimum atomic E-state index is -1.99. The van der Waals surface area contributed by atoms with E-state index >= 15 is 0 Å². The molecule has 50 heavy (non-hydrogen) atoms. The largest absolute Gasteiger partial charge is 0.459 e. The molecule has 0 spiro atoms. The summed E-state index contributed by atoms with van der Waals surface area (Å²) in [5.74, 6) is -4.98. The van der Waals surface area contributed by atoms with E-state index in [2.05, 4.69) is 5.32 Å². The number of carbonyl (C=O) groups is 2. The summed E-state index contributed by atoms with van der Waals surface area (Å²) in [6, 6.07) is -0.375. The van der Waals surface area contributed by atoms with Crippen molar-refractivity contribution in [1.82, 2.24) is 5.32 Å². The Bertz CT molecular complexity index is 1140. The van der Waals surface area contributed by atoms with Crippen molar-refractivity contribution in [2.45, 2.75) is 179 Å². The number of aliphatic hydroxyl groups excluding tert-OH is 3. The molecule has 3 aliphatic rings. The molecule has 6 N–H and O–H groups in total. The fraction of sp³-hybridized carbons (Fsp3) is 0.944. The van der Waals surface area contributed by atoms with E-state index in [-0.39, 0.29) is 31.4 Å². The van der Waals surface area contributed by atoms with E-state index in [4.69, 9.17) is 28.4 Å². The van der Waals surface area contributed by atoms with Gasteiger partial charge in [0.15, 0.2) is 12.6 Å². The highest BCUT2D eigenvalue weighted by Gasteiger charge is 2.53. The molecular weight excluding hydrogens is 654 g/mol. The Morgan fingerprint density at radius 2 is 1.52 bits per heavy atom. The molecule has 0 saturated carbocycles. The topological polar surface area (TPSA) is 203 Å². The molecule has 0 radical (unpaired) electrons. The molecule has 3 aliphatic heterocycles. The Morgan fingerprint density at radius 1 is 0.900 bits per heavy atom. The van der Waals surface area contributed by atoms with Gasteiger partial charge in [-0.05, 0) is 67.9 Å². The molecule has 3 saturated heterocycles. The van der Waals surface area contributed by atoms with Crippen LogP contribution in [0.4, 0.5) is 0 Å². The van der Waals surface area contributed by atoms with Crippen molar-refractivity contribution in [1.29, 1.82) is 0 Å². The van der Waals surface area contributed by atoms with E-state index in [0.29, 0.717) is 6.42 Å². The van der Waals surface area contributed by atoms with Crippen molar-refractivity contribution in [3.05, 3.63) is 0 Å². The number of esters is 1.